The molecule has 0 atom stereocenters. The fourth-order valence-electron chi connectivity index (χ4n) is 2.77. The minimum Gasteiger partial charge on any atom is -0.493 e. The van der Waals surface area contributed by atoms with Crippen LogP contribution in [0.1, 0.15) is 25.3 Å². The maximum Gasteiger partial charge on any atom is 0.314 e. The van der Waals surface area contributed by atoms with Crippen molar-refractivity contribution in [3.8, 4) is 16.9 Å². The van der Waals surface area contributed by atoms with Crippen LogP contribution in [-0.2, 0) is 10.2 Å². The van der Waals surface area contributed by atoms with Crippen LogP contribution < -0.4 is 4.74 Å². The summed E-state index contributed by atoms with van der Waals surface area (Å²) >= 11 is 0. The quantitative estimate of drug-likeness (QED) is 0.901. The van der Waals surface area contributed by atoms with Crippen LogP contribution >= 0.6 is 0 Å². The number of rotatable bonds is 5. The minimum absolute atomic E-state index is 0.152. The standard InChI is InChI=1S/C18H16F2O3/c1-2-23-16-10-14(18(7-8-18)17(21)22)15(20)9-13(16)11-3-5-12(19)6-4-11/h3-6,9-10H,2,7-8H2,1H3,(H,21,22). The number of benzene rings is 2. The summed E-state index contributed by atoms with van der Waals surface area (Å²) in [6.07, 6.45) is 0.835. The van der Waals surface area contributed by atoms with Crippen molar-refractivity contribution >= 4 is 5.97 Å². The molecule has 120 valence electrons. The topological polar surface area (TPSA) is 46.5 Å². The van der Waals surface area contributed by atoms with Gasteiger partial charge in [0.15, 0.2) is 0 Å². The van der Waals surface area contributed by atoms with Gasteiger partial charge in [-0.2, -0.15) is 0 Å². The van der Waals surface area contributed by atoms with E-state index in [0.29, 0.717) is 36.3 Å². The molecule has 0 aliphatic heterocycles. The second-order valence-corrected chi connectivity index (χ2v) is 5.66. The molecule has 3 rings (SSSR count). The molecule has 0 aromatic heterocycles. The number of ether oxygens (including phenoxy) is 1. The third-order valence-corrected chi connectivity index (χ3v) is 4.20. The Hall–Kier alpha value is -2.43. The Balaban J connectivity index is 2.12. The van der Waals surface area contributed by atoms with Crippen LogP contribution in [0.2, 0.25) is 0 Å². The van der Waals surface area contributed by atoms with E-state index in [0.717, 1.165) is 0 Å². The Morgan fingerprint density at radius 2 is 1.87 bits per heavy atom. The molecule has 0 unspecified atom stereocenters. The Kier molecular flexibility index (Phi) is 3.80. The number of carboxylic acid groups (broad SMARTS) is 1. The monoisotopic (exact) mass is 318 g/mol. The smallest absolute Gasteiger partial charge is 0.314 e. The molecule has 1 aliphatic carbocycles. The average molecular weight is 318 g/mol. The Bertz CT molecular complexity index is 750. The van der Waals surface area contributed by atoms with Gasteiger partial charge < -0.3 is 9.84 Å². The van der Waals surface area contributed by atoms with E-state index in [1.807, 2.05) is 0 Å². The van der Waals surface area contributed by atoms with Crippen LogP contribution in [0.4, 0.5) is 8.78 Å². The molecule has 1 saturated carbocycles. The molecule has 1 aliphatic rings. The Morgan fingerprint density at radius 3 is 2.39 bits per heavy atom. The number of carbonyl (C=O) groups is 1. The van der Waals surface area contributed by atoms with E-state index in [1.165, 1.54) is 36.4 Å². The first kappa shape index (κ1) is 15.5. The van der Waals surface area contributed by atoms with E-state index in [-0.39, 0.29) is 11.4 Å². The summed E-state index contributed by atoms with van der Waals surface area (Å²) in [4.78, 5) is 11.4. The van der Waals surface area contributed by atoms with Gasteiger partial charge >= 0.3 is 5.97 Å². The molecule has 0 heterocycles. The van der Waals surface area contributed by atoms with Gasteiger partial charge in [-0.15, -0.1) is 0 Å². The van der Waals surface area contributed by atoms with Gasteiger partial charge in [0.25, 0.3) is 0 Å². The summed E-state index contributed by atoms with van der Waals surface area (Å²) in [7, 11) is 0. The maximum atomic E-state index is 14.5. The average Bonchev–Trinajstić information content (AvgIpc) is 3.31. The van der Waals surface area contributed by atoms with Crippen LogP contribution in [0.5, 0.6) is 5.75 Å². The molecule has 0 spiro atoms. The first-order valence-corrected chi connectivity index (χ1v) is 7.44. The van der Waals surface area contributed by atoms with Crippen molar-refractivity contribution in [3.05, 3.63) is 53.6 Å². The highest BCUT2D eigenvalue weighted by Gasteiger charge is 2.53. The normalized spacial score (nSPS) is 15.3. The first-order valence-electron chi connectivity index (χ1n) is 7.44. The van der Waals surface area contributed by atoms with Crippen LogP contribution in [0.3, 0.4) is 0 Å². The van der Waals surface area contributed by atoms with Gasteiger partial charge in [-0.1, -0.05) is 12.1 Å². The number of hydrogen-bond donors (Lipinski definition) is 1. The minimum atomic E-state index is -1.14. The lowest BCUT2D eigenvalue weighted by Gasteiger charge is -2.17. The molecule has 0 radical (unpaired) electrons. The van der Waals surface area contributed by atoms with Crippen molar-refractivity contribution in [2.75, 3.05) is 6.61 Å². The molecular weight excluding hydrogens is 302 g/mol. The van der Waals surface area contributed by atoms with Gasteiger partial charge in [0.05, 0.1) is 12.0 Å². The lowest BCUT2D eigenvalue weighted by molar-refractivity contribution is -0.140. The number of aliphatic carboxylic acids is 1. The zero-order chi connectivity index (χ0) is 16.6. The van der Waals surface area contributed by atoms with Crippen LogP contribution in [-0.4, -0.2) is 17.7 Å². The molecular formula is C18H16F2O3. The number of carboxylic acids is 1. The Morgan fingerprint density at radius 1 is 1.22 bits per heavy atom. The van der Waals surface area contributed by atoms with Gasteiger partial charge in [0.2, 0.25) is 0 Å². The predicted molar refractivity (Wildman–Crippen MR) is 81.5 cm³/mol. The lowest BCUT2D eigenvalue weighted by atomic mass is 9.92. The molecule has 1 N–H and O–H groups in total. The SMILES string of the molecule is CCOc1cc(C2(C(=O)O)CC2)c(F)cc1-c1ccc(F)cc1. The van der Waals surface area contributed by atoms with Crippen molar-refractivity contribution in [2.24, 2.45) is 0 Å². The number of halogens is 2. The first-order chi connectivity index (χ1) is 11.0. The van der Waals surface area contributed by atoms with Crippen molar-refractivity contribution in [2.45, 2.75) is 25.2 Å². The summed E-state index contributed by atoms with van der Waals surface area (Å²) < 4.78 is 33.2. The van der Waals surface area contributed by atoms with Gasteiger partial charge in [0.1, 0.15) is 17.4 Å². The molecule has 0 saturated heterocycles. The van der Waals surface area contributed by atoms with Gasteiger partial charge in [-0.25, -0.2) is 8.78 Å². The second kappa shape index (κ2) is 5.65. The number of hydrogen-bond acceptors (Lipinski definition) is 2. The molecule has 23 heavy (non-hydrogen) atoms. The molecule has 5 heteroatoms. The molecule has 0 bridgehead atoms. The van der Waals surface area contributed by atoms with E-state index in [1.54, 1.807) is 6.92 Å². The summed E-state index contributed by atoms with van der Waals surface area (Å²) in [6.45, 7) is 2.15. The highest BCUT2D eigenvalue weighted by Crippen LogP contribution is 2.51. The maximum absolute atomic E-state index is 14.5. The second-order valence-electron chi connectivity index (χ2n) is 5.66. The highest BCUT2D eigenvalue weighted by molar-refractivity contribution is 5.86. The van der Waals surface area contributed by atoms with E-state index in [4.69, 9.17) is 4.74 Å². The van der Waals surface area contributed by atoms with Gasteiger partial charge in [0, 0.05) is 11.1 Å². The van der Waals surface area contributed by atoms with Crippen molar-refractivity contribution < 1.29 is 23.4 Å². The third-order valence-electron chi connectivity index (χ3n) is 4.20. The molecule has 2 aromatic rings. The van der Waals surface area contributed by atoms with E-state index in [2.05, 4.69) is 0 Å². The third kappa shape index (κ3) is 2.67. The summed E-state index contributed by atoms with van der Waals surface area (Å²) in [5.41, 5.74) is 0.103. The molecule has 2 aromatic carbocycles. The molecule has 3 nitrogen and oxygen atoms in total. The molecule has 0 amide bonds. The molecule has 1 fully saturated rings. The highest BCUT2D eigenvalue weighted by atomic mass is 19.1. The fourth-order valence-corrected chi connectivity index (χ4v) is 2.77. The zero-order valence-corrected chi connectivity index (χ0v) is 12.6. The summed E-state index contributed by atoms with van der Waals surface area (Å²) in [6, 6.07) is 8.40. The van der Waals surface area contributed by atoms with E-state index < -0.39 is 17.2 Å². The largest absolute Gasteiger partial charge is 0.493 e. The van der Waals surface area contributed by atoms with E-state index >= 15 is 0 Å². The predicted octanol–water partition coefficient (Wildman–Crippen LogP) is 4.15. The van der Waals surface area contributed by atoms with Crippen molar-refractivity contribution in [1.82, 2.24) is 0 Å². The van der Waals surface area contributed by atoms with Gasteiger partial charge in [-0.05, 0) is 49.6 Å². The van der Waals surface area contributed by atoms with Crippen molar-refractivity contribution in [3.63, 3.8) is 0 Å². The van der Waals surface area contributed by atoms with E-state index in [9.17, 15) is 18.7 Å². The van der Waals surface area contributed by atoms with Crippen LogP contribution in [0.15, 0.2) is 36.4 Å². The summed E-state index contributed by atoms with van der Waals surface area (Å²) in [5.74, 6) is -1.57. The van der Waals surface area contributed by atoms with Crippen LogP contribution in [0.25, 0.3) is 11.1 Å². The zero-order valence-electron chi connectivity index (χ0n) is 12.6. The lowest BCUT2D eigenvalue weighted by Crippen LogP contribution is -2.21. The Labute approximate surface area is 132 Å². The van der Waals surface area contributed by atoms with Crippen LogP contribution in [0, 0.1) is 11.6 Å². The fraction of sp³-hybridized carbons (Fsp3) is 0.278. The summed E-state index contributed by atoms with van der Waals surface area (Å²) in [5, 5.41) is 9.37. The van der Waals surface area contributed by atoms with Crippen molar-refractivity contribution in [1.29, 1.82) is 0 Å². The van der Waals surface area contributed by atoms with Gasteiger partial charge in [-0.3, -0.25) is 4.79 Å².